The van der Waals surface area contributed by atoms with E-state index in [1.54, 1.807) is 24.3 Å². The number of rotatable bonds is 8. The van der Waals surface area contributed by atoms with E-state index in [1.165, 1.54) is 19.3 Å². The third kappa shape index (κ3) is 4.53. The van der Waals surface area contributed by atoms with Gasteiger partial charge >= 0.3 is 0 Å². The Morgan fingerprint density at radius 1 is 0.853 bits per heavy atom. The van der Waals surface area contributed by atoms with Crippen LogP contribution in [0.4, 0.5) is 0 Å². The Hall–Kier alpha value is -3.31. The quantitative estimate of drug-likeness (QED) is 0.451. The molecule has 5 nitrogen and oxygen atoms in total. The minimum atomic E-state index is -0.679. The van der Waals surface area contributed by atoms with Crippen molar-refractivity contribution in [3.8, 4) is 17.2 Å². The molecule has 0 spiro atoms. The third-order valence-corrected chi connectivity index (χ3v) is 7.29. The van der Waals surface area contributed by atoms with Gasteiger partial charge in [0.2, 0.25) is 0 Å². The first-order valence-electron chi connectivity index (χ1n) is 12.1. The van der Waals surface area contributed by atoms with Crippen LogP contribution in [0.1, 0.15) is 53.1 Å². The van der Waals surface area contributed by atoms with Crippen molar-refractivity contribution in [3.05, 3.63) is 89.5 Å². The Balaban J connectivity index is 1.32. The lowest BCUT2D eigenvalue weighted by Gasteiger charge is -2.26. The van der Waals surface area contributed by atoms with Crippen LogP contribution in [-0.4, -0.2) is 47.1 Å². The maximum Gasteiger partial charge on any atom is 0.174 e. The zero-order valence-corrected chi connectivity index (χ0v) is 19.3. The molecule has 1 aliphatic heterocycles. The fourth-order valence-corrected chi connectivity index (χ4v) is 5.27. The van der Waals surface area contributed by atoms with Crippen LogP contribution in [0.15, 0.2) is 72.8 Å². The highest BCUT2D eigenvalue weighted by atomic mass is 16.5. The molecule has 5 rings (SSSR count). The fourth-order valence-electron chi connectivity index (χ4n) is 5.27. The van der Waals surface area contributed by atoms with Crippen molar-refractivity contribution in [2.24, 2.45) is 0 Å². The van der Waals surface area contributed by atoms with Gasteiger partial charge in [-0.25, -0.2) is 0 Å². The average molecular weight is 458 g/mol. The van der Waals surface area contributed by atoms with E-state index in [1.807, 2.05) is 48.5 Å². The number of carbonyl (C=O) groups is 1. The lowest BCUT2D eigenvalue weighted by atomic mass is 9.83. The zero-order chi connectivity index (χ0) is 23.5. The van der Waals surface area contributed by atoms with E-state index in [0.717, 1.165) is 36.5 Å². The summed E-state index contributed by atoms with van der Waals surface area (Å²) in [4.78, 5) is 16.3. The van der Waals surface area contributed by atoms with E-state index in [4.69, 9.17) is 4.74 Å². The van der Waals surface area contributed by atoms with E-state index in [-0.39, 0.29) is 23.2 Å². The van der Waals surface area contributed by atoms with Crippen molar-refractivity contribution in [1.82, 2.24) is 4.90 Å². The second-order valence-electron chi connectivity index (χ2n) is 9.47. The maximum atomic E-state index is 13.8. The summed E-state index contributed by atoms with van der Waals surface area (Å²) in [6, 6.07) is 21.5. The van der Waals surface area contributed by atoms with Gasteiger partial charge in [0.25, 0.3) is 0 Å². The molecule has 1 heterocycles. The molecule has 34 heavy (non-hydrogen) atoms. The first-order chi connectivity index (χ1) is 16.6. The van der Waals surface area contributed by atoms with Crippen LogP contribution in [0.25, 0.3) is 0 Å². The van der Waals surface area contributed by atoms with Crippen LogP contribution < -0.4 is 4.74 Å². The molecule has 1 saturated heterocycles. The minimum Gasteiger partial charge on any atom is -0.508 e. The second-order valence-corrected chi connectivity index (χ2v) is 9.47. The van der Waals surface area contributed by atoms with E-state index in [2.05, 4.69) is 4.90 Å². The van der Waals surface area contributed by atoms with Crippen LogP contribution in [0.2, 0.25) is 0 Å². The van der Waals surface area contributed by atoms with Crippen LogP contribution >= 0.6 is 0 Å². The largest absolute Gasteiger partial charge is 0.508 e. The molecule has 0 bridgehead atoms. The molecule has 1 aliphatic carbocycles. The number of phenols is 2. The summed E-state index contributed by atoms with van der Waals surface area (Å²) in [5.41, 5.74) is 1.89. The first-order valence-corrected chi connectivity index (χ1v) is 12.1. The lowest BCUT2D eigenvalue weighted by molar-refractivity contribution is 0.0943. The van der Waals surface area contributed by atoms with Gasteiger partial charge in [0, 0.05) is 18.0 Å². The van der Waals surface area contributed by atoms with E-state index < -0.39 is 5.41 Å². The minimum absolute atomic E-state index is 0.0191. The molecule has 176 valence electrons. The Bertz CT molecular complexity index is 1120. The molecule has 0 radical (unpaired) electrons. The number of aromatic hydroxyl groups is 2. The Kier molecular flexibility index (Phi) is 6.29. The van der Waals surface area contributed by atoms with Gasteiger partial charge in [0.1, 0.15) is 23.9 Å². The molecule has 2 unspecified atom stereocenters. The number of hydrogen-bond acceptors (Lipinski definition) is 5. The number of ketones is 1. The number of ether oxygens (including phenoxy) is 1. The second kappa shape index (κ2) is 9.51. The van der Waals surface area contributed by atoms with Gasteiger partial charge in [0.05, 0.1) is 5.41 Å². The highest BCUT2D eigenvalue weighted by molar-refractivity contribution is 6.07. The third-order valence-electron chi connectivity index (χ3n) is 7.29. The van der Waals surface area contributed by atoms with E-state index in [9.17, 15) is 15.0 Å². The molecule has 2 N–H and O–H groups in total. The van der Waals surface area contributed by atoms with E-state index in [0.29, 0.717) is 18.6 Å². The molecule has 2 aliphatic rings. The molecule has 2 fully saturated rings. The first kappa shape index (κ1) is 22.5. The Morgan fingerprint density at radius 3 is 2.12 bits per heavy atom. The predicted octanol–water partition coefficient (Wildman–Crippen LogP) is 5.27. The monoisotopic (exact) mass is 457 g/mol. The summed E-state index contributed by atoms with van der Waals surface area (Å²) in [7, 11) is 0. The van der Waals surface area contributed by atoms with Gasteiger partial charge in [-0.3, -0.25) is 9.69 Å². The molecule has 5 heteroatoms. The smallest absolute Gasteiger partial charge is 0.174 e. The van der Waals surface area contributed by atoms with Crippen molar-refractivity contribution in [1.29, 1.82) is 0 Å². The van der Waals surface area contributed by atoms with Crippen LogP contribution in [0, 0.1) is 0 Å². The Morgan fingerprint density at radius 2 is 1.47 bits per heavy atom. The molecular formula is C29H31NO4. The highest BCUT2D eigenvalue weighted by Crippen LogP contribution is 2.62. The summed E-state index contributed by atoms with van der Waals surface area (Å²) in [6.45, 7) is 3.88. The molecular weight excluding hydrogens is 426 g/mol. The summed E-state index contributed by atoms with van der Waals surface area (Å²) in [5, 5.41) is 19.4. The lowest BCUT2D eigenvalue weighted by Crippen LogP contribution is -2.33. The number of carbonyl (C=O) groups excluding carboxylic acids is 1. The number of phenolic OH excluding ortho intramolecular Hbond substituents is 2. The standard InChI is InChI=1S/C29H31NO4/c31-24-10-4-21(5-11-24)27-20-29(27,23-8-12-25(32)13-9-23)28(33)22-6-14-26(15-7-22)34-19-18-30-16-2-1-3-17-30/h4-15,27,31-32H,1-3,16-20H2. The number of Topliss-reactive ketones (excluding diaryl/α,β-unsaturated/α-hetero) is 1. The van der Waals surface area contributed by atoms with Gasteiger partial charge in [-0.2, -0.15) is 0 Å². The average Bonchev–Trinajstić information content (AvgIpc) is 3.62. The molecule has 3 aromatic rings. The van der Waals surface area contributed by atoms with Crippen molar-refractivity contribution in [2.45, 2.75) is 37.0 Å². The number of benzene rings is 3. The van der Waals surface area contributed by atoms with Crippen molar-refractivity contribution < 1.29 is 19.7 Å². The van der Waals surface area contributed by atoms with Gasteiger partial charge in [-0.15, -0.1) is 0 Å². The number of likely N-dealkylation sites (tertiary alicyclic amines) is 1. The zero-order valence-electron chi connectivity index (χ0n) is 19.3. The summed E-state index contributed by atoms with van der Waals surface area (Å²) >= 11 is 0. The molecule has 0 amide bonds. The van der Waals surface area contributed by atoms with Gasteiger partial charge in [-0.05, 0) is 92.0 Å². The van der Waals surface area contributed by atoms with Crippen molar-refractivity contribution >= 4 is 5.78 Å². The van der Waals surface area contributed by atoms with Gasteiger partial charge in [-0.1, -0.05) is 30.7 Å². The van der Waals surface area contributed by atoms with Crippen molar-refractivity contribution in [2.75, 3.05) is 26.2 Å². The van der Waals surface area contributed by atoms with Crippen LogP contribution in [-0.2, 0) is 5.41 Å². The molecule has 2 atom stereocenters. The topological polar surface area (TPSA) is 70.0 Å². The molecule has 1 saturated carbocycles. The van der Waals surface area contributed by atoms with Crippen LogP contribution in [0.5, 0.6) is 17.2 Å². The number of nitrogens with zero attached hydrogens (tertiary/aromatic N) is 1. The SMILES string of the molecule is O=C(c1ccc(OCCN2CCCCC2)cc1)C1(c2ccc(O)cc2)CC1c1ccc(O)cc1. The van der Waals surface area contributed by atoms with Crippen LogP contribution in [0.3, 0.4) is 0 Å². The summed E-state index contributed by atoms with van der Waals surface area (Å²) < 4.78 is 5.94. The predicted molar refractivity (Wildman–Crippen MR) is 132 cm³/mol. The normalized spacial score (nSPS) is 22.3. The summed E-state index contributed by atoms with van der Waals surface area (Å²) in [6.07, 6.45) is 4.55. The molecule has 3 aromatic carbocycles. The fraction of sp³-hybridized carbons (Fsp3) is 0.345. The van der Waals surface area contributed by atoms with Gasteiger partial charge in [0.15, 0.2) is 5.78 Å². The maximum absolute atomic E-state index is 13.8. The summed E-state index contributed by atoms with van der Waals surface area (Å²) in [5.74, 6) is 1.25. The van der Waals surface area contributed by atoms with E-state index >= 15 is 0 Å². The van der Waals surface area contributed by atoms with Crippen molar-refractivity contribution in [3.63, 3.8) is 0 Å². The highest BCUT2D eigenvalue weighted by Gasteiger charge is 2.61. The number of piperidine rings is 1. The molecule has 0 aromatic heterocycles. The number of hydrogen-bond donors (Lipinski definition) is 2. The Labute approximate surface area is 200 Å². The van der Waals surface area contributed by atoms with Gasteiger partial charge < -0.3 is 14.9 Å².